The second-order valence-corrected chi connectivity index (χ2v) is 4.22. The van der Waals surface area contributed by atoms with Crippen molar-refractivity contribution < 1.29 is 18.2 Å². The van der Waals surface area contributed by atoms with E-state index in [1.807, 2.05) is 0 Å². The highest BCUT2D eigenvalue weighted by Crippen LogP contribution is 2.27. The van der Waals surface area contributed by atoms with Gasteiger partial charge in [-0.15, -0.1) is 0 Å². The molecule has 1 aliphatic heterocycles. The summed E-state index contributed by atoms with van der Waals surface area (Å²) in [5, 5.41) is 4.94. The Kier molecular flexibility index (Phi) is 1.76. The quantitative estimate of drug-likeness (QED) is 0.656. The maximum absolute atomic E-state index is 10.9. The molecule has 0 aliphatic carbocycles. The molecule has 0 atom stereocenters. The molecule has 0 saturated heterocycles. The van der Waals surface area contributed by atoms with Gasteiger partial charge in [0.25, 0.3) is 0 Å². The molecule has 6 heteroatoms. The second-order valence-electron chi connectivity index (χ2n) is 2.66. The van der Waals surface area contributed by atoms with Crippen LogP contribution < -0.4 is 10.0 Å². The lowest BCUT2D eigenvalue weighted by atomic mass is 10.2. The highest BCUT2D eigenvalue weighted by atomic mass is 32.2. The Morgan fingerprint density at radius 1 is 1.38 bits per heavy atom. The lowest BCUT2D eigenvalue weighted by molar-refractivity contribution is -0.194. The van der Waals surface area contributed by atoms with Crippen LogP contribution in [0.25, 0.3) is 0 Å². The molecule has 1 heterocycles. The minimum Gasteiger partial charge on any atom is -0.337 e. The van der Waals surface area contributed by atoms with Crippen LogP contribution in [0.1, 0.15) is 5.56 Å². The van der Waals surface area contributed by atoms with Gasteiger partial charge in [-0.1, -0.05) is 0 Å². The minimum absolute atomic E-state index is 0.0698. The minimum atomic E-state index is -3.64. The van der Waals surface area contributed by atoms with E-state index in [1.54, 1.807) is 0 Å². The molecule has 1 aromatic rings. The number of hydrogen-bond donors (Lipinski definition) is 1. The van der Waals surface area contributed by atoms with E-state index in [0.29, 0.717) is 11.3 Å². The third-order valence-electron chi connectivity index (χ3n) is 1.72. The number of sulfonamides is 1. The predicted octanol–water partition coefficient (Wildman–Crippen LogP) is 0.158. The first-order chi connectivity index (χ1) is 6.07. The Labute approximate surface area is 75.0 Å². The fourth-order valence-electron chi connectivity index (χ4n) is 1.08. The van der Waals surface area contributed by atoms with Gasteiger partial charge in [0.2, 0.25) is 10.0 Å². The number of primary sulfonamides is 1. The number of rotatable bonds is 1. The zero-order valence-electron chi connectivity index (χ0n) is 6.56. The SMILES string of the molecule is NS(=O)(=O)c1ccc2c(c1)COO2. The van der Waals surface area contributed by atoms with Crippen LogP contribution >= 0.6 is 0 Å². The molecule has 1 aromatic carbocycles. The van der Waals surface area contributed by atoms with Crippen LogP contribution in [-0.2, 0) is 21.5 Å². The molecule has 2 N–H and O–H groups in total. The Morgan fingerprint density at radius 3 is 2.85 bits per heavy atom. The summed E-state index contributed by atoms with van der Waals surface area (Å²) in [5.41, 5.74) is 0.687. The summed E-state index contributed by atoms with van der Waals surface area (Å²) in [5.74, 6) is 0.535. The van der Waals surface area contributed by atoms with E-state index in [1.165, 1.54) is 18.2 Å². The van der Waals surface area contributed by atoms with E-state index in [9.17, 15) is 8.42 Å². The summed E-state index contributed by atoms with van der Waals surface area (Å²) >= 11 is 0. The van der Waals surface area contributed by atoms with E-state index in [2.05, 4.69) is 4.89 Å². The Morgan fingerprint density at radius 2 is 2.15 bits per heavy atom. The van der Waals surface area contributed by atoms with Gasteiger partial charge in [-0.05, 0) is 18.2 Å². The summed E-state index contributed by atoms with van der Waals surface area (Å²) < 4.78 is 21.9. The van der Waals surface area contributed by atoms with Gasteiger partial charge in [-0.3, -0.25) is 0 Å². The van der Waals surface area contributed by atoms with E-state index in [0.717, 1.165) is 0 Å². The zero-order chi connectivity index (χ0) is 9.47. The van der Waals surface area contributed by atoms with Crippen molar-refractivity contribution in [3.05, 3.63) is 23.8 Å². The van der Waals surface area contributed by atoms with Gasteiger partial charge in [0, 0.05) is 5.56 Å². The maximum atomic E-state index is 10.9. The van der Waals surface area contributed by atoms with E-state index in [4.69, 9.17) is 10.0 Å². The third kappa shape index (κ3) is 1.51. The van der Waals surface area contributed by atoms with Crippen LogP contribution in [0.15, 0.2) is 23.1 Å². The summed E-state index contributed by atoms with van der Waals surface area (Å²) in [7, 11) is -3.64. The largest absolute Gasteiger partial charge is 0.337 e. The molecule has 13 heavy (non-hydrogen) atoms. The van der Waals surface area contributed by atoms with Gasteiger partial charge in [0.15, 0.2) is 5.75 Å². The molecule has 0 unspecified atom stereocenters. The van der Waals surface area contributed by atoms with Crippen LogP contribution in [0.2, 0.25) is 0 Å². The highest BCUT2D eigenvalue weighted by Gasteiger charge is 2.17. The number of nitrogens with two attached hydrogens (primary N) is 1. The number of benzene rings is 1. The fraction of sp³-hybridized carbons (Fsp3) is 0.143. The van der Waals surface area contributed by atoms with Gasteiger partial charge >= 0.3 is 0 Å². The zero-order valence-corrected chi connectivity index (χ0v) is 7.37. The van der Waals surface area contributed by atoms with Crippen molar-refractivity contribution in [2.75, 3.05) is 0 Å². The molecule has 0 fully saturated rings. The summed E-state index contributed by atoms with van der Waals surface area (Å²) in [6.07, 6.45) is 0. The first-order valence-corrected chi connectivity index (χ1v) is 5.07. The normalized spacial score (nSPS) is 15.2. The van der Waals surface area contributed by atoms with Crippen molar-refractivity contribution in [2.24, 2.45) is 5.14 Å². The first kappa shape index (κ1) is 8.49. The molecule has 2 rings (SSSR count). The van der Waals surface area contributed by atoms with E-state index < -0.39 is 10.0 Å². The molecular weight excluding hydrogens is 194 g/mol. The van der Waals surface area contributed by atoms with E-state index >= 15 is 0 Å². The average molecular weight is 201 g/mol. The van der Waals surface area contributed by atoms with Crippen molar-refractivity contribution in [2.45, 2.75) is 11.5 Å². The smallest absolute Gasteiger partial charge is 0.238 e. The number of hydrogen-bond acceptors (Lipinski definition) is 4. The third-order valence-corrected chi connectivity index (χ3v) is 2.63. The molecule has 70 valence electrons. The molecule has 0 saturated carbocycles. The van der Waals surface area contributed by atoms with Crippen molar-refractivity contribution in [3.63, 3.8) is 0 Å². The topological polar surface area (TPSA) is 78.6 Å². The van der Waals surface area contributed by atoms with Crippen LogP contribution in [0, 0.1) is 0 Å². The van der Waals surface area contributed by atoms with Gasteiger partial charge in [0.05, 0.1) is 4.90 Å². The molecule has 0 aromatic heterocycles. The predicted molar refractivity (Wildman–Crippen MR) is 43.2 cm³/mol. The summed E-state index contributed by atoms with van der Waals surface area (Å²) in [6, 6.07) is 4.34. The molecule has 0 spiro atoms. The Bertz CT molecular complexity index is 440. The van der Waals surface area contributed by atoms with Gasteiger partial charge in [-0.2, -0.15) is 4.89 Å². The van der Waals surface area contributed by atoms with E-state index in [-0.39, 0.29) is 11.5 Å². The van der Waals surface area contributed by atoms with Crippen LogP contribution in [0.4, 0.5) is 0 Å². The lowest BCUT2D eigenvalue weighted by Crippen LogP contribution is -2.12. The molecule has 5 nitrogen and oxygen atoms in total. The van der Waals surface area contributed by atoms with Gasteiger partial charge in [-0.25, -0.2) is 13.6 Å². The van der Waals surface area contributed by atoms with Crippen molar-refractivity contribution >= 4 is 10.0 Å². The van der Waals surface area contributed by atoms with Crippen molar-refractivity contribution in [1.29, 1.82) is 0 Å². The first-order valence-electron chi connectivity index (χ1n) is 3.52. The van der Waals surface area contributed by atoms with Crippen LogP contribution in [0.5, 0.6) is 5.75 Å². The van der Waals surface area contributed by atoms with Gasteiger partial charge in [0.1, 0.15) is 6.61 Å². The van der Waals surface area contributed by atoms with Crippen LogP contribution in [0.3, 0.4) is 0 Å². The maximum Gasteiger partial charge on any atom is 0.238 e. The van der Waals surface area contributed by atoms with Crippen LogP contribution in [-0.4, -0.2) is 8.42 Å². The highest BCUT2D eigenvalue weighted by molar-refractivity contribution is 7.89. The molecule has 0 radical (unpaired) electrons. The monoisotopic (exact) mass is 201 g/mol. The van der Waals surface area contributed by atoms with Crippen molar-refractivity contribution in [1.82, 2.24) is 0 Å². The second kappa shape index (κ2) is 2.69. The van der Waals surface area contributed by atoms with Gasteiger partial charge < -0.3 is 4.89 Å². The molecule has 0 bridgehead atoms. The standard InChI is InChI=1S/C7H7NO4S/c8-13(9,10)6-1-2-7-5(3-6)4-11-12-7/h1-3H,4H2,(H2,8,9,10). The fourth-order valence-corrected chi connectivity index (χ4v) is 1.65. The summed E-state index contributed by atoms with van der Waals surface area (Å²) in [6.45, 7) is 0.249. The molecular formula is C7H7NO4S. The number of fused-ring (bicyclic) bond motifs is 1. The molecule has 1 aliphatic rings. The summed E-state index contributed by atoms with van der Waals surface area (Å²) in [4.78, 5) is 9.45. The molecule has 0 amide bonds. The van der Waals surface area contributed by atoms with Crippen molar-refractivity contribution in [3.8, 4) is 5.75 Å². The lowest BCUT2D eigenvalue weighted by Gasteiger charge is -1.98. The Balaban J connectivity index is 2.54. The Hall–Kier alpha value is -1.11. The average Bonchev–Trinajstić information content (AvgIpc) is 2.47.